The van der Waals surface area contributed by atoms with Gasteiger partial charge in [-0.3, -0.25) is 9.59 Å². The second-order valence-electron chi connectivity index (χ2n) is 3.68. The van der Waals surface area contributed by atoms with Crippen LogP contribution in [-0.2, 0) is 4.79 Å². The Hall–Kier alpha value is -0.880. The fourth-order valence-corrected chi connectivity index (χ4v) is 2.34. The lowest BCUT2D eigenvalue weighted by atomic mass is 10.00. The van der Waals surface area contributed by atoms with Crippen molar-refractivity contribution >= 4 is 34.8 Å². The zero-order valence-corrected chi connectivity index (χ0v) is 11.2. The van der Waals surface area contributed by atoms with Crippen molar-refractivity contribution in [2.75, 3.05) is 5.75 Å². The van der Waals surface area contributed by atoms with Crippen LogP contribution in [0, 0.1) is 0 Å². The summed E-state index contributed by atoms with van der Waals surface area (Å²) in [4.78, 5) is 21.6. The van der Waals surface area contributed by atoms with Crippen molar-refractivity contribution in [3.63, 3.8) is 0 Å². The van der Waals surface area contributed by atoms with Gasteiger partial charge in [0, 0.05) is 28.8 Å². The predicted octanol–water partition coefficient (Wildman–Crippen LogP) is 1.83. The molecule has 0 fully saturated rings. The predicted molar refractivity (Wildman–Crippen MR) is 70.9 cm³/mol. The number of benzene rings is 1. The number of hydrogen-bond acceptors (Lipinski definition) is 5. The highest BCUT2D eigenvalue weighted by Gasteiger charge is 2.23. The number of aldehydes is 1. The van der Waals surface area contributed by atoms with Crippen LogP contribution in [0.4, 0.5) is 0 Å². The molecule has 18 heavy (non-hydrogen) atoms. The third kappa shape index (κ3) is 3.81. The molecule has 2 unspecified atom stereocenters. The van der Waals surface area contributed by atoms with Gasteiger partial charge in [0.15, 0.2) is 5.12 Å². The van der Waals surface area contributed by atoms with Crippen LogP contribution in [0.3, 0.4) is 0 Å². The number of carbonyl (C=O) groups excluding carboxylic acids is 2. The monoisotopic (exact) mass is 288 g/mol. The molecule has 0 aliphatic carbocycles. The Morgan fingerprint density at radius 1 is 1.50 bits per heavy atom. The molecule has 1 aromatic rings. The molecule has 0 saturated heterocycles. The molecule has 0 amide bonds. The fourth-order valence-electron chi connectivity index (χ4n) is 1.45. The van der Waals surface area contributed by atoms with Crippen LogP contribution in [0.2, 0.25) is 5.02 Å². The van der Waals surface area contributed by atoms with Gasteiger partial charge in [-0.05, 0) is 6.07 Å². The summed E-state index contributed by atoms with van der Waals surface area (Å²) >= 11 is 6.81. The molecule has 0 aliphatic rings. The van der Waals surface area contributed by atoms with Crippen molar-refractivity contribution < 1.29 is 19.8 Å². The van der Waals surface area contributed by atoms with E-state index in [1.807, 2.05) is 0 Å². The Balaban J connectivity index is 2.92. The molecule has 0 aliphatic heterocycles. The lowest BCUT2D eigenvalue weighted by Crippen LogP contribution is -2.22. The van der Waals surface area contributed by atoms with Crippen LogP contribution in [0.15, 0.2) is 18.2 Å². The summed E-state index contributed by atoms with van der Waals surface area (Å²) in [7, 11) is 0. The summed E-state index contributed by atoms with van der Waals surface area (Å²) in [6, 6.07) is 4.61. The smallest absolute Gasteiger partial charge is 0.185 e. The third-order valence-electron chi connectivity index (χ3n) is 2.33. The number of halogens is 1. The zero-order chi connectivity index (χ0) is 13.7. The SMILES string of the molecule is CC(=O)SCC(O)C(O)c1c(Cl)cccc1C=O. The van der Waals surface area contributed by atoms with Gasteiger partial charge in [0.25, 0.3) is 0 Å². The molecule has 2 atom stereocenters. The average Bonchev–Trinajstić information content (AvgIpc) is 2.34. The van der Waals surface area contributed by atoms with Crippen LogP contribution in [0.25, 0.3) is 0 Å². The number of carbonyl (C=O) groups is 2. The molecule has 0 spiro atoms. The van der Waals surface area contributed by atoms with Gasteiger partial charge in [0.1, 0.15) is 12.4 Å². The van der Waals surface area contributed by atoms with Gasteiger partial charge in [-0.2, -0.15) is 0 Å². The summed E-state index contributed by atoms with van der Waals surface area (Å²) in [6.07, 6.45) is -1.90. The molecule has 1 rings (SSSR count). The molecule has 0 radical (unpaired) electrons. The quantitative estimate of drug-likeness (QED) is 0.809. The highest BCUT2D eigenvalue weighted by Crippen LogP contribution is 2.29. The minimum absolute atomic E-state index is 0.0417. The molecule has 0 aromatic heterocycles. The summed E-state index contributed by atoms with van der Waals surface area (Å²) in [5.41, 5.74) is 0.410. The molecule has 98 valence electrons. The van der Waals surface area contributed by atoms with Gasteiger partial charge in [-0.1, -0.05) is 35.5 Å². The standard InChI is InChI=1S/C12H13ClO4S/c1-7(15)18-6-10(16)12(17)11-8(5-14)3-2-4-9(11)13/h2-5,10,12,16-17H,6H2,1H3. The van der Waals surface area contributed by atoms with Crippen LogP contribution < -0.4 is 0 Å². The van der Waals surface area contributed by atoms with Crippen molar-refractivity contribution in [3.05, 3.63) is 34.3 Å². The van der Waals surface area contributed by atoms with Crippen LogP contribution in [-0.4, -0.2) is 33.5 Å². The van der Waals surface area contributed by atoms with E-state index in [0.29, 0.717) is 6.29 Å². The first kappa shape index (κ1) is 15.2. The van der Waals surface area contributed by atoms with Gasteiger partial charge >= 0.3 is 0 Å². The maximum atomic E-state index is 10.9. The van der Waals surface area contributed by atoms with Gasteiger partial charge in [0.05, 0.1) is 6.10 Å². The molecule has 0 saturated carbocycles. The molecule has 0 heterocycles. The average molecular weight is 289 g/mol. The van der Waals surface area contributed by atoms with E-state index in [9.17, 15) is 19.8 Å². The van der Waals surface area contributed by atoms with Crippen LogP contribution in [0.5, 0.6) is 0 Å². The minimum atomic E-state index is -1.30. The Kier molecular flexibility index (Phi) is 5.81. The van der Waals surface area contributed by atoms with E-state index < -0.39 is 12.2 Å². The van der Waals surface area contributed by atoms with E-state index in [-0.39, 0.29) is 27.0 Å². The van der Waals surface area contributed by atoms with Crippen molar-refractivity contribution in [2.24, 2.45) is 0 Å². The second-order valence-corrected chi connectivity index (χ2v) is 5.28. The van der Waals surface area contributed by atoms with E-state index in [0.717, 1.165) is 11.8 Å². The van der Waals surface area contributed by atoms with Crippen molar-refractivity contribution in [3.8, 4) is 0 Å². The van der Waals surface area contributed by atoms with E-state index in [1.54, 1.807) is 6.07 Å². The highest BCUT2D eigenvalue weighted by molar-refractivity contribution is 8.13. The van der Waals surface area contributed by atoms with E-state index in [2.05, 4.69) is 0 Å². The summed E-state index contributed by atoms with van der Waals surface area (Å²) in [6.45, 7) is 1.37. The van der Waals surface area contributed by atoms with Crippen LogP contribution >= 0.6 is 23.4 Å². The number of thioether (sulfide) groups is 1. The highest BCUT2D eigenvalue weighted by atomic mass is 35.5. The first-order chi connectivity index (χ1) is 8.47. The summed E-state index contributed by atoms with van der Waals surface area (Å²) < 4.78 is 0. The second kappa shape index (κ2) is 6.89. The molecule has 2 N–H and O–H groups in total. The zero-order valence-electron chi connectivity index (χ0n) is 9.67. The van der Waals surface area contributed by atoms with E-state index >= 15 is 0 Å². The van der Waals surface area contributed by atoms with E-state index in [1.165, 1.54) is 19.1 Å². The maximum Gasteiger partial charge on any atom is 0.185 e. The summed E-state index contributed by atoms with van der Waals surface area (Å²) in [5.74, 6) is 0.0417. The Morgan fingerprint density at radius 3 is 2.72 bits per heavy atom. The van der Waals surface area contributed by atoms with Gasteiger partial charge in [-0.25, -0.2) is 0 Å². The van der Waals surface area contributed by atoms with Gasteiger partial charge in [0.2, 0.25) is 0 Å². The number of rotatable bonds is 5. The van der Waals surface area contributed by atoms with Gasteiger partial charge < -0.3 is 10.2 Å². The lowest BCUT2D eigenvalue weighted by molar-refractivity contribution is -0.109. The lowest BCUT2D eigenvalue weighted by Gasteiger charge is -2.19. The van der Waals surface area contributed by atoms with E-state index in [4.69, 9.17) is 11.6 Å². The fraction of sp³-hybridized carbons (Fsp3) is 0.333. The molecular weight excluding hydrogens is 276 g/mol. The van der Waals surface area contributed by atoms with Crippen molar-refractivity contribution in [2.45, 2.75) is 19.1 Å². The number of aliphatic hydroxyl groups is 2. The minimum Gasteiger partial charge on any atom is -0.389 e. The molecule has 4 nitrogen and oxygen atoms in total. The number of hydrogen-bond donors (Lipinski definition) is 2. The molecule has 1 aromatic carbocycles. The third-order valence-corrected chi connectivity index (χ3v) is 3.58. The first-order valence-corrected chi connectivity index (χ1v) is 6.56. The molecular formula is C12H13ClO4S. The maximum absolute atomic E-state index is 10.9. The van der Waals surface area contributed by atoms with Gasteiger partial charge in [-0.15, -0.1) is 0 Å². The Labute approximate surface area is 114 Å². The Morgan fingerprint density at radius 2 is 2.17 bits per heavy atom. The Bertz CT molecular complexity index is 450. The number of aliphatic hydroxyl groups excluding tert-OH is 2. The summed E-state index contributed by atoms with van der Waals surface area (Å²) in [5, 5.41) is 19.8. The van der Waals surface area contributed by atoms with Crippen molar-refractivity contribution in [1.29, 1.82) is 0 Å². The normalized spacial score (nSPS) is 14.0. The van der Waals surface area contributed by atoms with Crippen LogP contribution in [0.1, 0.15) is 28.9 Å². The topological polar surface area (TPSA) is 74.6 Å². The molecule has 0 bridgehead atoms. The van der Waals surface area contributed by atoms with Crippen molar-refractivity contribution in [1.82, 2.24) is 0 Å². The largest absolute Gasteiger partial charge is 0.389 e. The molecule has 6 heteroatoms. The first-order valence-electron chi connectivity index (χ1n) is 5.20.